The number of rotatable bonds is 6. The minimum atomic E-state index is -3.92. The van der Waals surface area contributed by atoms with Gasteiger partial charge in [0, 0.05) is 5.69 Å². The summed E-state index contributed by atoms with van der Waals surface area (Å²) in [5.41, 5.74) is 3.55. The second kappa shape index (κ2) is 9.18. The van der Waals surface area contributed by atoms with Crippen LogP contribution in [0.2, 0.25) is 0 Å². The van der Waals surface area contributed by atoms with Gasteiger partial charge in [0.1, 0.15) is 12.0 Å². The van der Waals surface area contributed by atoms with Gasteiger partial charge in [-0.15, -0.1) is 0 Å². The Hall–Kier alpha value is -3.93. The normalized spacial score (nSPS) is 15.8. The first-order chi connectivity index (χ1) is 17.6. The fraction of sp³-hybridized carbons (Fsp3) is 0.115. The van der Waals surface area contributed by atoms with Crippen molar-refractivity contribution < 1.29 is 21.3 Å². The second-order valence-electron chi connectivity index (χ2n) is 8.52. The molecule has 0 radical (unpaired) electrons. The predicted octanol–water partition coefficient (Wildman–Crippen LogP) is 4.34. The maximum absolute atomic E-state index is 12.1. The third kappa shape index (κ3) is 4.64. The highest BCUT2D eigenvalue weighted by molar-refractivity contribution is 7.91. The number of furan rings is 1. The summed E-state index contributed by atoms with van der Waals surface area (Å²) in [5.74, 6) is 0.623. The second-order valence-corrected chi connectivity index (χ2v) is 12.4. The first-order valence-corrected chi connectivity index (χ1v) is 14.6. The van der Waals surface area contributed by atoms with Crippen molar-refractivity contribution in [1.29, 1.82) is 5.41 Å². The van der Waals surface area contributed by atoms with Gasteiger partial charge in [-0.25, -0.2) is 22.0 Å². The molecule has 1 unspecified atom stereocenters. The van der Waals surface area contributed by atoms with E-state index in [4.69, 9.17) is 15.0 Å². The van der Waals surface area contributed by atoms with Gasteiger partial charge in [0.15, 0.2) is 9.84 Å². The summed E-state index contributed by atoms with van der Waals surface area (Å²) < 4.78 is 53.7. The maximum atomic E-state index is 12.1. The van der Waals surface area contributed by atoms with E-state index in [1.165, 1.54) is 18.4 Å². The quantitative estimate of drug-likeness (QED) is 0.332. The molecule has 0 amide bonds. The Bertz CT molecular complexity index is 1690. The number of primary sulfonamides is 1. The van der Waals surface area contributed by atoms with Crippen LogP contribution < -0.4 is 15.4 Å². The number of hydrogen-bond donors (Lipinski definition) is 3. The van der Waals surface area contributed by atoms with E-state index < -0.39 is 26.0 Å². The molecule has 1 aliphatic rings. The maximum Gasteiger partial charge on any atom is 0.238 e. The van der Waals surface area contributed by atoms with E-state index in [1.54, 1.807) is 54.3 Å². The lowest BCUT2D eigenvalue weighted by molar-refractivity contribution is 0.564. The first kappa shape index (κ1) is 24.8. The molecule has 0 aliphatic carbocycles. The molecule has 2 heterocycles. The molecular weight excluding hydrogens is 512 g/mol. The van der Waals surface area contributed by atoms with Gasteiger partial charge in [0.2, 0.25) is 15.9 Å². The molecule has 0 fully saturated rings. The molecule has 0 bridgehead atoms. The molecule has 1 aromatic heterocycles. The Morgan fingerprint density at radius 1 is 0.919 bits per heavy atom. The Labute approximate surface area is 215 Å². The molecule has 1 aliphatic heterocycles. The summed E-state index contributed by atoms with van der Waals surface area (Å²) in [7, 11) is -7.20. The largest absolute Gasteiger partial charge is 0.448 e. The van der Waals surface area contributed by atoms with Gasteiger partial charge >= 0.3 is 0 Å². The summed E-state index contributed by atoms with van der Waals surface area (Å²) in [6.45, 7) is 1.61. The summed E-state index contributed by atoms with van der Waals surface area (Å²) in [6, 6.07) is 22.1. The third-order valence-corrected chi connectivity index (χ3v) is 8.92. The van der Waals surface area contributed by atoms with E-state index in [1.807, 2.05) is 24.3 Å². The number of amidine groups is 1. The van der Waals surface area contributed by atoms with Gasteiger partial charge < -0.3 is 14.6 Å². The lowest BCUT2D eigenvalue weighted by Gasteiger charge is -2.38. The van der Waals surface area contributed by atoms with E-state index in [-0.39, 0.29) is 21.4 Å². The van der Waals surface area contributed by atoms with Crippen LogP contribution in [0, 0.1) is 5.41 Å². The Morgan fingerprint density at radius 3 is 2.19 bits per heavy atom. The highest BCUT2D eigenvalue weighted by Crippen LogP contribution is 2.38. The average Bonchev–Trinajstić information content (AvgIpc) is 3.38. The highest BCUT2D eigenvalue weighted by Gasteiger charge is 2.34. The van der Waals surface area contributed by atoms with Crippen LogP contribution in [0.1, 0.15) is 24.2 Å². The number of nitrogens with one attached hydrogen (secondary N) is 2. The Balaban J connectivity index is 1.52. The monoisotopic (exact) mass is 536 g/mol. The van der Waals surface area contributed by atoms with Gasteiger partial charge in [-0.05, 0) is 59.2 Å². The van der Waals surface area contributed by atoms with Crippen molar-refractivity contribution in [2.45, 2.75) is 22.9 Å². The molecule has 11 heteroatoms. The molecule has 4 N–H and O–H groups in total. The predicted molar refractivity (Wildman–Crippen MR) is 142 cm³/mol. The van der Waals surface area contributed by atoms with E-state index in [0.717, 1.165) is 11.1 Å². The van der Waals surface area contributed by atoms with Crippen molar-refractivity contribution >= 4 is 37.3 Å². The van der Waals surface area contributed by atoms with Crippen molar-refractivity contribution in [3.8, 4) is 11.1 Å². The number of nitrogens with zero attached hydrogens (tertiary/aromatic N) is 1. The molecular formula is C26H24N4O5S2. The van der Waals surface area contributed by atoms with Crippen LogP contribution in [-0.2, 0) is 19.9 Å². The number of anilines is 2. The van der Waals surface area contributed by atoms with Crippen LogP contribution in [0.15, 0.2) is 99.3 Å². The van der Waals surface area contributed by atoms with Crippen molar-refractivity contribution in [3.05, 3.63) is 96.3 Å². The average molecular weight is 537 g/mol. The zero-order chi connectivity index (χ0) is 26.4. The fourth-order valence-electron chi connectivity index (χ4n) is 4.26. The van der Waals surface area contributed by atoms with Gasteiger partial charge in [0.25, 0.3) is 0 Å². The number of nitrogens with two attached hydrogens (primary N) is 1. The molecule has 4 aromatic rings. The molecule has 5 rings (SSSR count). The van der Waals surface area contributed by atoms with Crippen LogP contribution in [-0.4, -0.2) is 28.4 Å². The van der Waals surface area contributed by atoms with Gasteiger partial charge in [-0.3, -0.25) is 5.41 Å². The fourth-order valence-corrected chi connectivity index (χ4v) is 5.72. The minimum absolute atomic E-state index is 0.0348. The third-order valence-electron chi connectivity index (χ3n) is 6.26. The molecule has 37 heavy (non-hydrogen) atoms. The van der Waals surface area contributed by atoms with Crippen LogP contribution in [0.3, 0.4) is 0 Å². The lowest BCUT2D eigenvalue weighted by atomic mass is 10.0. The van der Waals surface area contributed by atoms with Gasteiger partial charge in [0.05, 0.1) is 27.4 Å². The van der Waals surface area contributed by atoms with Crippen molar-refractivity contribution in [2.24, 2.45) is 5.14 Å². The van der Waals surface area contributed by atoms with Crippen molar-refractivity contribution in [1.82, 2.24) is 0 Å². The minimum Gasteiger partial charge on any atom is -0.448 e. The molecule has 3 aromatic carbocycles. The lowest BCUT2D eigenvalue weighted by Crippen LogP contribution is -2.42. The Kier molecular flexibility index (Phi) is 6.14. The number of sulfone groups is 1. The summed E-state index contributed by atoms with van der Waals surface area (Å²) in [6.07, 6.45) is 0.844. The highest BCUT2D eigenvalue weighted by atomic mass is 32.2. The number of benzene rings is 3. The molecule has 0 saturated carbocycles. The van der Waals surface area contributed by atoms with Crippen LogP contribution in [0.25, 0.3) is 11.1 Å². The standard InChI is InChI=1S/C26H24N4O5S2/c1-2-36(31,32)21-12-8-18(9-13-21)17-6-10-20(11-7-17)30-24(27)23-14-15-35-26(23)29-25(30)19-4-3-5-22(16-19)37(28,33)34/h3-16,25,27,29H,2H2,1H3,(H2,28,33,34). The van der Waals surface area contributed by atoms with Crippen LogP contribution >= 0.6 is 0 Å². The topological polar surface area (TPSA) is 147 Å². The SMILES string of the molecule is CCS(=O)(=O)c1ccc(-c2ccc(N3C(=N)c4ccoc4NC3c3cccc(S(N)(=O)=O)c3)cc2)cc1. The number of hydrogen-bond acceptors (Lipinski definition) is 7. The van der Waals surface area contributed by atoms with E-state index >= 15 is 0 Å². The van der Waals surface area contributed by atoms with E-state index in [9.17, 15) is 16.8 Å². The van der Waals surface area contributed by atoms with E-state index in [0.29, 0.717) is 22.7 Å². The number of sulfonamides is 1. The smallest absolute Gasteiger partial charge is 0.238 e. The zero-order valence-corrected chi connectivity index (χ0v) is 21.4. The van der Waals surface area contributed by atoms with Gasteiger partial charge in [-0.2, -0.15) is 0 Å². The number of fused-ring (bicyclic) bond motifs is 1. The molecule has 0 spiro atoms. The van der Waals surface area contributed by atoms with Crippen molar-refractivity contribution in [3.63, 3.8) is 0 Å². The van der Waals surface area contributed by atoms with Crippen molar-refractivity contribution in [2.75, 3.05) is 16.0 Å². The van der Waals surface area contributed by atoms with E-state index in [2.05, 4.69) is 5.32 Å². The first-order valence-electron chi connectivity index (χ1n) is 11.4. The van der Waals surface area contributed by atoms with Crippen LogP contribution in [0.4, 0.5) is 11.6 Å². The van der Waals surface area contributed by atoms with Crippen LogP contribution in [0.5, 0.6) is 0 Å². The molecule has 1 atom stereocenters. The zero-order valence-electron chi connectivity index (χ0n) is 19.7. The Morgan fingerprint density at radius 2 is 1.57 bits per heavy atom. The summed E-state index contributed by atoms with van der Waals surface area (Å²) in [4.78, 5) is 1.98. The molecule has 190 valence electrons. The summed E-state index contributed by atoms with van der Waals surface area (Å²) in [5, 5.41) is 17.5. The summed E-state index contributed by atoms with van der Waals surface area (Å²) >= 11 is 0. The molecule has 0 saturated heterocycles. The molecule has 9 nitrogen and oxygen atoms in total. The van der Waals surface area contributed by atoms with Gasteiger partial charge in [-0.1, -0.05) is 43.3 Å².